The molecule has 0 radical (unpaired) electrons. The summed E-state index contributed by atoms with van der Waals surface area (Å²) in [5.41, 5.74) is 1.40. The summed E-state index contributed by atoms with van der Waals surface area (Å²) >= 11 is 0. The van der Waals surface area contributed by atoms with E-state index < -0.39 is 0 Å². The van der Waals surface area contributed by atoms with E-state index >= 15 is 0 Å². The monoisotopic (exact) mass is 257 g/mol. The third-order valence-electron chi connectivity index (χ3n) is 2.64. The van der Waals surface area contributed by atoms with Crippen LogP contribution in [-0.2, 0) is 6.54 Å². The number of aromatic nitrogens is 4. The Kier molecular flexibility index (Phi) is 2.71. The van der Waals surface area contributed by atoms with E-state index in [4.69, 9.17) is 4.52 Å². The highest BCUT2D eigenvalue weighted by Gasteiger charge is 2.12. The molecule has 7 heteroatoms. The van der Waals surface area contributed by atoms with Crippen molar-refractivity contribution in [3.63, 3.8) is 0 Å². The molecule has 7 nitrogen and oxygen atoms in total. The standard InChI is InChI=1S/C12H11N5O2/c1-8-6-9(19-16-8)12(18)13-7-11-15-14-10-4-2-3-5-17(10)11/h2-6H,7H2,1H3,(H,13,18). The minimum atomic E-state index is -0.326. The van der Waals surface area contributed by atoms with Crippen LogP contribution < -0.4 is 5.32 Å². The first-order chi connectivity index (χ1) is 9.24. The van der Waals surface area contributed by atoms with Gasteiger partial charge in [0.05, 0.1) is 12.2 Å². The Morgan fingerprint density at radius 3 is 3.11 bits per heavy atom. The number of carbonyl (C=O) groups is 1. The van der Waals surface area contributed by atoms with Gasteiger partial charge in [0.15, 0.2) is 11.5 Å². The van der Waals surface area contributed by atoms with Gasteiger partial charge in [-0.05, 0) is 19.1 Å². The molecule has 3 aromatic heterocycles. The molecule has 1 N–H and O–H groups in total. The molecule has 19 heavy (non-hydrogen) atoms. The average Bonchev–Trinajstić information content (AvgIpc) is 3.02. The summed E-state index contributed by atoms with van der Waals surface area (Å²) in [6.45, 7) is 2.02. The SMILES string of the molecule is Cc1cc(C(=O)NCc2nnc3ccccn23)on1. The van der Waals surface area contributed by atoms with Crippen molar-refractivity contribution in [2.45, 2.75) is 13.5 Å². The van der Waals surface area contributed by atoms with Crippen LogP contribution in [0.2, 0.25) is 0 Å². The van der Waals surface area contributed by atoms with Crippen LogP contribution in [-0.4, -0.2) is 25.7 Å². The molecule has 0 aliphatic carbocycles. The largest absolute Gasteiger partial charge is 0.351 e. The second-order valence-electron chi connectivity index (χ2n) is 4.06. The van der Waals surface area contributed by atoms with Crippen LogP contribution in [0.25, 0.3) is 5.65 Å². The Morgan fingerprint density at radius 1 is 1.42 bits per heavy atom. The van der Waals surface area contributed by atoms with Crippen molar-refractivity contribution in [3.05, 3.63) is 47.7 Å². The third-order valence-corrected chi connectivity index (χ3v) is 2.64. The van der Waals surface area contributed by atoms with Crippen molar-refractivity contribution in [2.75, 3.05) is 0 Å². The lowest BCUT2D eigenvalue weighted by Gasteiger charge is -2.01. The first kappa shape index (κ1) is 11.4. The van der Waals surface area contributed by atoms with Gasteiger partial charge in [0.1, 0.15) is 0 Å². The quantitative estimate of drug-likeness (QED) is 0.755. The topological polar surface area (TPSA) is 85.3 Å². The van der Waals surface area contributed by atoms with E-state index in [1.165, 1.54) is 0 Å². The lowest BCUT2D eigenvalue weighted by molar-refractivity contribution is 0.0912. The molecular formula is C12H11N5O2. The Hall–Kier alpha value is -2.70. The van der Waals surface area contributed by atoms with Gasteiger partial charge in [0.2, 0.25) is 5.76 Å². The Labute approximate surface area is 108 Å². The predicted octanol–water partition coefficient (Wildman–Crippen LogP) is 0.956. The molecule has 0 saturated heterocycles. The van der Waals surface area contributed by atoms with Crippen molar-refractivity contribution in [2.24, 2.45) is 0 Å². The highest BCUT2D eigenvalue weighted by atomic mass is 16.5. The smallest absolute Gasteiger partial charge is 0.290 e. The van der Waals surface area contributed by atoms with Gasteiger partial charge < -0.3 is 9.84 Å². The number of amides is 1. The number of nitrogens with one attached hydrogen (secondary N) is 1. The Morgan fingerprint density at radius 2 is 2.32 bits per heavy atom. The summed E-state index contributed by atoms with van der Waals surface area (Å²) in [6.07, 6.45) is 1.84. The van der Waals surface area contributed by atoms with Crippen LogP contribution in [0, 0.1) is 6.92 Å². The van der Waals surface area contributed by atoms with Crippen molar-refractivity contribution in [3.8, 4) is 0 Å². The third kappa shape index (κ3) is 2.17. The minimum absolute atomic E-state index is 0.186. The molecule has 1 amide bonds. The van der Waals surface area contributed by atoms with Gasteiger partial charge in [-0.3, -0.25) is 9.20 Å². The average molecular weight is 257 g/mol. The fraction of sp³-hybridized carbons (Fsp3) is 0.167. The van der Waals surface area contributed by atoms with Gasteiger partial charge in [-0.1, -0.05) is 11.2 Å². The molecule has 0 aliphatic rings. The number of hydrogen-bond donors (Lipinski definition) is 1. The van der Waals surface area contributed by atoms with Crippen molar-refractivity contribution in [1.29, 1.82) is 0 Å². The first-order valence-electron chi connectivity index (χ1n) is 5.74. The zero-order valence-electron chi connectivity index (χ0n) is 10.2. The fourth-order valence-electron chi connectivity index (χ4n) is 1.73. The zero-order chi connectivity index (χ0) is 13.2. The molecule has 0 saturated carbocycles. The van der Waals surface area contributed by atoms with E-state index in [0.29, 0.717) is 11.5 Å². The maximum Gasteiger partial charge on any atom is 0.290 e. The summed E-state index contributed by atoms with van der Waals surface area (Å²) < 4.78 is 6.69. The van der Waals surface area contributed by atoms with E-state index in [1.54, 1.807) is 13.0 Å². The van der Waals surface area contributed by atoms with Crippen LogP contribution in [0.15, 0.2) is 35.0 Å². The number of fused-ring (bicyclic) bond motifs is 1. The summed E-state index contributed by atoms with van der Waals surface area (Å²) in [4.78, 5) is 11.8. The van der Waals surface area contributed by atoms with E-state index in [9.17, 15) is 4.79 Å². The van der Waals surface area contributed by atoms with Crippen LogP contribution in [0.3, 0.4) is 0 Å². The van der Waals surface area contributed by atoms with Crippen molar-refractivity contribution >= 4 is 11.6 Å². The molecule has 0 fully saturated rings. The van der Waals surface area contributed by atoms with Gasteiger partial charge in [0, 0.05) is 12.3 Å². The highest BCUT2D eigenvalue weighted by molar-refractivity contribution is 5.91. The molecule has 3 heterocycles. The van der Waals surface area contributed by atoms with E-state index in [1.807, 2.05) is 28.8 Å². The minimum Gasteiger partial charge on any atom is -0.351 e. The summed E-state index contributed by atoms with van der Waals surface area (Å²) in [5, 5.41) is 14.4. The fourth-order valence-corrected chi connectivity index (χ4v) is 1.73. The predicted molar refractivity (Wildman–Crippen MR) is 65.4 cm³/mol. The second kappa shape index (κ2) is 4.52. The lowest BCUT2D eigenvalue weighted by Crippen LogP contribution is -2.23. The molecule has 96 valence electrons. The summed E-state index contributed by atoms with van der Waals surface area (Å²) in [7, 11) is 0. The molecule has 0 atom stereocenters. The molecule has 0 spiro atoms. The Bertz CT molecular complexity index is 730. The van der Waals surface area contributed by atoms with Gasteiger partial charge >= 0.3 is 0 Å². The van der Waals surface area contributed by atoms with Gasteiger partial charge in [-0.2, -0.15) is 0 Å². The van der Waals surface area contributed by atoms with Gasteiger partial charge in [-0.25, -0.2) is 0 Å². The van der Waals surface area contributed by atoms with Crippen LogP contribution >= 0.6 is 0 Å². The number of aryl methyl sites for hydroxylation is 1. The zero-order valence-corrected chi connectivity index (χ0v) is 10.2. The van der Waals surface area contributed by atoms with Gasteiger partial charge in [0.25, 0.3) is 5.91 Å². The number of rotatable bonds is 3. The molecule has 0 bridgehead atoms. The lowest BCUT2D eigenvalue weighted by atomic mass is 10.3. The Balaban J connectivity index is 1.74. The number of carbonyl (C=O) groups excluding carboxylic acids is 1. The van der Waals surface area contributed by atoms with Crippen molar-refractivity contribution in [1.82, 2.24) is 25.1 Å². The number of nitrogens with zero attached hydrogens (tertiary/aromatic N) is 4. The molecule has 0 aliphatic heterocycles. The highest BCUT2D eigenvalue weighted by Crippen LogP contribution is 2.04. The summed E-state index contributed by atoms with van der Waals surface area (Å²) in [6, 6.07) is 7.18. The number of pyridine rings is 1. The summed E-state index contributed by atoms with van der Waals surface area (Å²) in [5.74, 6) is 0.514. The van der Waals surface area contributed by atoms with E-state index in [-0.39, 0.29) is 18.2 Å². The molecular weight excluding hydrogens is 246 g/mol. The maximum absolute atomic E-state index is 11.8. The normalized spacial score (nSPS) is 10.8. The molecule has 3 aromatic rings. The van der Waals surface area contributed by atoms with E-state index in [0.717, 1.165) is 5.65 Å². The number of hydrogen-bond acceptors (Lipinski definition) is 5. The van der Waals surface area contributed by atoms with Crippen LogP contribution in [0.1, 0.15) is 22.1 Å². The van der Waals surface area contributed by atoms with Gasteiger partial charge in [-0.15, -0.1) is 10.2 Å². The van der Waals surface area contributed by atoms with Crippen LogP contribution in [0.4, 0.5) is 0 Å². The van der Waals surface area contributed by atoms with Crippen LogP contribution in [0.5, 0.6) is 0 Å². The molecule has 3 rings (SSSR count). The molecule has 0 unspecified atom stereocenters. The maximum atomic E-state index is 11.8. The van der Waals surface area contributed by atoms with E-state index in [2.05, 4.69) is 20.7 Å². The second-order valence-corrected chi connectivity index (χ2v) is 4.06. The van der Waals surface area contributed by atoms with Crippen molar-refractivity contribution < 1.29 is 9.32 Å². The molecule has 0 aromatic carbocycles. The first-order valence-corrected chi connectivity index (χ1v) is 5.74.